The van der Waals surface area contributed by atoms with Crippen LogP contribution in [0, 0.1) is 0 Å². The molecule has 3 rings (SSSR count). The van der Waals surface area contributed by atoms with Gasteiger partial charge in [0.05, 0.1) is 12.5 Å². The summed E-state index contributed by atoms with van der Waals surface area (Å²) in [5, 5.41) is 0.743. The van der Waals surface area contributed by atoms with Crippen molar-refractivity contribution < 1.29 is 4.79 Å². The summed E-state index contributed by atoms with van der Waals surface area (Å²) >= 11 is 6.14. The minimum atomic E-state index is -0.0981. The summed E-state index contributed by atoms with van der Waals surface area (Å²) in [6.07, 6.45) is 3.80. The lowest BCUT2D eigenvalue weighted by atomic mass is 9.95. The van der Waals surface area contributed by atoms with Gasteiger partial charge in [0.25, 0.3) is 0 Å². The van der Waals surface area contributed by atoms with Gasteiger partial charge in [-0.1, -0.05) is 67.9 Å². The molecule has 1 aromatic heterocycles. The van der Waals surface area contributed by atoms with Crippen LogP contribution >= 0.6 is 11.6 Å². The van der Waals surface area contributed by atoms with Crippen LogP contribution in [-0.4, -0.2) is 21.9 Å². The van der Waals surface area contributed by atoms with Crippen molar-refractivity contribution in [2.75, 3.05) is 6.54 Å². The van der Waals surface area contributed by atoms with Crippen LogP contribution in [0.3, 0.4) is 0 Å². The van der Waals surface area contributed by atoms with Crippen molar-refractivity contribution in [3.05, 3.63) is 94.8 Å². The summed E-state index contributed by atoms with van der Waals surface area (Å²) < 4.78 is 2.20. The average Bonchev–Trinajstić information content (AvgIpc) is 3.15. The Balaban J connectivity index is 1.79. The molecule has 0 saturated carbocycles. The van der Waals surface area contributed by atoms with E-state index < -0.39 is 0 Å². The molecular formula is C25H29ClN2O. The van der Waals surface area contributed by atoms with E-state index in [-0.39, 0.29) is 11.8 Å². The van der Waals surface area contributed by atoms with Gasteiger partial charge in [0.2, 0.25) is 5.91 Å². The molecule has 152 valence electrons. The van der Waals surface area contributed by atoms with Crippen LogP contribution in [0.4, 0.5) is 0 Å². The Kier molecular flexibility index (Phi) is 7.54. The van der Waals surface area contributed by atoms with Crippen molar-refractivity contribution in [1.82, 2.24) is 9.47 Å². The third-order valence-electron chi connectivity index (χ3n) is 5.23. The first-order valence-corrected chi connectivity index (χ1v) is 10.7. The number of rotatable bonds is 9. The zero-order valence-electron chi connectivity index (χ0n) is 17.2. The molecule has 0 aliphatic rings. The van der Waals surface area contributed by atoms with E-state index in [1.807, 2.05) is 47.4 Å². The fourth-order valence-electron chi connectivity index (χ4n) is 3.77. The van der Waals surface area contributed by atoms with Crippen molar-refractivity contribution >= 4 is 17.5 Å². The fourth-order valence-corrected chi connectivity index (χ4v) is 3.98. The standard InChI is InChI=1S/C25H29ClN2O/c1-3-15-28(25(29)24(4-2)21-11-6-5-7-12-21)19-23-14-9-16-27(23)18-20-10-8-13-22(26)17-20/h5-14,16-17,24H,3-4,15,18-19H2,1-2H3. The van der Waals surface area contributed by atoms with E-state index in [0.717, 1.165) is 47.8 Å². The Morgan fingerprint density at radius 3 is 2.52 bits per heavy atom. The summed E-state index contributed by atoms with van der Waals surface area (Å²) in [7, 11) is 0. The number of carbonyl (C=O) groups is 1. The highest BCUT2D eigenvalue weighted by molar-refractivity contribution is 6.30. The number of nitrogens with zero attached hydrogens (tertiary/aromatic N) is 2. The monoisotopic (exact) mass is 408 g/mol. The molecule has 4 heteroatoms. The highest BCUT2D eigenvalue weighted by atomic mass is 35.5. The van der Waals surface area contributed by atoms with Gasteiger partial charge in [-0.05, 0) is 48.2 Å². The molecule has 0 saturated heterocycles. The van der Waals surface area contributed by atoms with Gasteiger partial charge in [-0.15, -0.1) is 0 Å². The molecule has 3 nitrogen and oxygen atoms in total. The second-order valence-electron chi connectivity index (χ2n) is 7.39. The first-order valence-electron chi connectivity index (χ1n) is 10.3. The molecule has 1 unspecified atom stereocenters. The van der Waals surface area contributed by atoms with Crippen molar-refractivity contribution in [2.24, 2.45) is 0 Å². The first kappa shape index (κ1) is 21.2. The normalized spacial score (nSPS) is 12.0. The molecule has 0 spiro atoms. The number of aromatic nitrogens is 1. The van der Waals surface area contributed by atoms with Gasteiger partial charge in [-0.2, -0.15) is 0 Å². The number of benzene rings is 2. The molecule has 0 bridgehead atoms. The number of carbonyl (C=O) groups excluding carboxylic acids is 1. The summed E-state index contributed by atoms with van der Waals surface area (Å²) in [6.45, 7) is 6.32. The molecule has 1 amide bonds. The molecule has 0 aliphatic heterocycles. The topological polar surface area (TPSA) is 25.2 Å². The Morgan fingerprint density at radius 2 is 1.83 bits per heavy atom. The molecule has 2 aromatic carbocycles. The predicted octanol–water partition coefficient (Wildman–Crippen LogP) is 6.12. The van der Waals surface area contributed by atoms with Gasteiger partial charge >= 0.3 is 0 Å². The average molecular weight is 409 g/mol. The van der Waals surface area contributed by atoms with Crippen LogP contribution in [0.15, 0.2) is 72.9 Å². The quantitative estimate of drug-likeness (QED) is 0.418. The lowest BCUT2D eigenvalue weighted by Gasteiger charge is -2.27. The van der Waals surface area contributed by atoms with Crippen molar-refractivity contribution in [3.63, 3.8) is 0 Å². The fraction of sp³-hybridized carbons (Fsp3) is 0.320. The minimum absolute atomic E-state index is 0.0981. The summed E-state index contributed by atoms with van der Waals surface area (Å²) in [4.78, 5) is 15.4. The number of hydrogen-bond donors (Lipinski definition) is 0. The molecular weight excluding hydrogens is 380 g/mol. The van der Waals surface area contributed by atoms with Crippen LogP contribution in [0.5, 0.6) is 0 Å². The zero-order valence-corrected chi connectivity index (χ0v) is 18.0. The summed E-state index contributed by atoms with van der Waals surface area (Å²) in [6, 6.07) is 22.2. The van der Waals surface area contributed by atoms with Gasteiger partial charge in [-0.3, -0.25) is 4.79 Å². The Morgan fingerprint density at radius 1 is 1.03 bits per heavy atom. The van der Waals surface area contributed by atoms with E-state index in [1.54, 1.807) is 0 Å². The Hall–Kier alpha value is -2.52. The number of hydrogen-bond acceptors (Lipinski definition) is 1. The Labute approximate surface area is 178 Å². The van der Waals surface area contributed by atoms with Crippen LogP contribution in [0.25, 0.3) is 0 Å². The Bertz CT molecular complexity index is 919. The largest absolute Gasteiger partial charge is 0.345 e. The van der Waals surface area contributed by atoms with E-state index in [2.05, 4.69) is 48.9 Å². The molecule has 0 radical (unpaired) electrons. The smallest absolute Gasteiger partial charge is 0.230 e. The maximum atomic E-state index is 13.4. The second kappa shape index (κ2) is 10.3. The first-order chi connectivity index (χ1) is 14.1. The highest BCUT2D eigenvalue weighted by Crippen LogP contribution is 2.23. The molecule has 0 N–H and O–H groups in total. The zero-order chi connectivity index (χ0) is 20.6. The predicted molar refractivity (Wildman–Crippen MR) is 120 cm³/mol. The number of amides is 1. The van der Waals surface area contributed by atoms with E-state index >= 15 is 0 Å². The minimum Gasteiger partial charge on any atom is -0.345 e. The van der Waals surface area contributed by atoms with Gasteiger partial charge in [-0.25, -0.2) is 0 Å². The van der Waals surface area contributed by atoms with Gasteiger partial charge in [0, 0.05) is 30.0 Å². The van der Waals surface area contributed by atoms with Crippen LogP contribution in [-0.2, 0) is 17.9 Å². The summed E-state index contributed by atoms with van der Waals surface area (Å²) in [5.41, 5.74) is 3.38. The number of halogens is 1. The van der Waals surface area contributed by atoms with E-state index in [1.165, 1.54) is 0 Å². The van der Waals surface area contributed by atoms with Crippen molar-refractivity contribution in [3.8, 4) is 0 Å². The maximum absolute atomic E-state index is 13.4. The van der Waals surface area contributed by atoms with E-state index in [4.69, 9.17) is 11.6 Å². The maximum Gasteiger partial charge on any atom is 0.230 e. The highest BCUT2D eigenvalue weighted by Gasteiger charge is 2.24. The second-order valence-corrected chi connectivity index (χ2v) is 7.83. The summed E-state index contributed by atoms with van der Waals surface area (Å²) in [5.74, 6) is 0.107. The lowest BCUT2D eigenvalue weighted by Crippen LogP contribution is -2.36. The van der Waals surface area contributed by atoms with Crippen molar-refractivity contribution in [2.45, 2.75) is 45.7 Å². The third kappa shape index (κ3) is 5.51. The molecule has 0 aliphatic carbocycles. The van der Waals surface area contributed by atoms with Crippen LogP contribution in [0.1, 0.15) is 49.4 Å². The molecule has 1 heterocycles. The lowest BCUT2D eigenvalue weighted by molar-refractivity contribution is -0.133. The molecule has 1 atom stereocenters. The van der Waals surface area contributed by atoms with Crippen LogP contribution in [0.2, 0.25) is 5.02 Å². The van der Waals surface area contributed by atoms with Gasteiger partial charge in [0.15, 0.2) is 0 Å². The molecule has 0 fully saturated rings. The van der Waals surface area contributed by atoms with Gasteiger partial charge < -0.3 is 9.47 Å². The molecule has 29 heavy (non-hydrogen) atoms. The van der Waals surface area contributed by atoms with E-state index in [9.17, 15) is 4.79 Å². The van der Waals surface area contributed by atoms with Gasteiger partial charge in [0.1, 0.15) is 0 Å². The third-order valence-corrected chi connectivity index (χ3v) is 5.47. The van der Waals surface area contributed by atoms with E-state index in [0.29, 0.717) is 6.54 Å². The van der Waals surface area contributed by atoms with Crippen LogP contribution < -0.4 is 0 Å². The van der Waals surface area contributed by atoms with Crippen molar-refractivity contribution in [1.29, 1.82) is 0 Å². The SMILES string of the molecule is CCCN(Cc1cccn1Cc1cccc(Cl)c1)C(=O)C(CC)c1ccccc1. The molecule has 3 aromatic rings.